The molecule has 1 aliphatic heterocycles. The van der Waals surface area contributed by atoms with Crippen LogP contribution in [0.5, 0.6) is 11.5 Å². The smallest absolute Gasteiger partial charge is 0.261 e. The summed E-state index contributed by atoms with van der Waals surface area (Å²) in [5.74, 6) is 2.25. The molecule has 0 unspecified atom stereocenters. The molecule has 1 fully saturated rings. The van der Waals surface area contributed by atoms with Crippen LogP contribution in [0.1, 0.15) is 31.2 Å². The highest BCUT2D eigenvalue weighted by atomic mass is 16.5. The lowest BCUT2D eigenvalue weighted by Crippen LogP contribution is -2.41. The molecule has 0 saturated carbocycles. The Morgan fingerprint density at radius 1 is 1.14 bits per heavy atom. The molecule has 0 radical (unpaired) electrons. The Kier molecular flexibility index (Phi) is 5.74. The van der Waals surface area contributed by atoms with Gasteiger partial charge in [-0.3, -0.25) is 4.79 Å². The number of piperidine rings is 1. The monoisotopic (exact) mass is 393 g/mol. The molecule has 7 nitrogen and oxygen atoms in total. The fourth-order valence-electron chi connectivity index (χ4n) is 3.48. The molecule has 1 amide bonds. The summed E-state index contributed by atoms with van der Waals surface area (Å²) in [4.78, 5) is 19.2. The second-order valence-electron chi connectivity index (χ2n) is 6.89. The molecule has 150 valence electrons. The summed E-state index contributed by atoms with van der Waals surface area (Å²) in [6.45, 7) is 0.635. The Balaban J connectivity index is 1.48. The first-order valence-corrected chi connectivity index (χ1v) is 9.70. The second-order valence-corrected chi connectivity index (χ2v) is 6.89. The van der Waals surface area contributed by atoms with Gasteiger partial charge in [0.25, 0.3) is 5.91 Å². The van der Waals surface area contributed by atoms with E-state index in [1.54, 1.807) is 12.0 Å². The zero-order valence-electron chi connectivity index (χ0n) is 16.3. The van der Waals surface area contributed by atoms with Gasteiger partial charge in [-0.05, 0) is 43.5 Å². The standard InChI is InChI=1S/C22H23N3O4/c1-27-18-11-7-8-16(14-18)21-23-22(29-24-21)19-12-5-6-13-25(19)20(26)15-28-17-9-3-2-4-10-17/h2-4,7-11,14,19H,5-6,12-13,15H2,1H3/t19-/m1/s1. The Morgan fingerprint density at radius 3 is 2.79 bits per heavy atom. The third kappa shape index (κ3) is 4.39. The minimum atomic E-state index is -0.234. The van der Waals surface area contributed by atoms with Crippen LogP contribution in [0.3, 0.4) is 0 Å². The van der Waals surface area contributed by atoms with Crippen molar-refractivity contribution in [3.05, 3.63) is 60.5 Å². The normalized spacial score (nSPS) is 16.4. The number of hydrogen-bond acceptors (Lipinski definition) is 6. The van der Waals surface area contributed by atoms with Crippen molar-refractivity contribution in [1.29, 1.82) is 0 Å². The van der Waals surface area contributed by atoms with Crippen LogP contribution in [0.15, 0.2) is 59.1 Å². The van der Waals surface area contributed by atoms with Crippen LogP contribution in [-0.4, -0.2) is 41.2 Å². The highest BCUT2D eigenvalue weighted by molar-refractivity contribution is 5.78. The van der Waals surface area contributed by atoms with E-state index in [0.29, 0.717) is 24.0 Å². The number of amides is 1. The molecule has 2 heterocycles. The topological polar surface area (TPSA) is 77.7 Å². The van der Waals surface area contributed by atoms with Gasteiger partial charge in [0.2, 0.25) is 11.7 Å². The van der Waals surface area contributed by atoms with Gasteiger partial charge in [0.1, 0.15) is 17.5 Å². The molecular weight excluding hydrogens is 370 g/mol. The van der Waals surface area contributed by atoms with Crippen LogP contribution in [0.25, 0.3) is 11.4 Å². The first-order valence-electron chi connectivity index (χ1n) is 9.70. The quantitative estimate of drug-likeness (QED) is 0.633. The van der Waals surface area contributed by atoms with Gasteiger partial charge in [0.15, 0.2) is 6.61 Å². The van der Waals surface area contributed by atoms with Crippen LogP contribution < -0.4 is 9.47 Å². The molecule has 4 rings (SSSR count). The minimum absolute atomic E-state index is 0.0165. The number of likely N-dealkylation sites (tertiary alicyclic amines) is 1. The van der Waals surface area contributed by atoms with E-state index in [-0.39, 0.29) is 18.6 Å². The first-order chi connectivity index (χ1) is 14.2. The second kappa shape index (κ2) is 8.77. The summed E-state index contributed by atoms with van der Waals surface area (Å²) in [6, 6.07) is 16.6. The Morgan fingerprint density at radius 2 is 1.97 bits per heavy atom. The molecule has 1 saturated heterocycles. The Hall–Kier alpha value is -3.35. The number of rotatable bonds is 6. The van der Waals surface area contributed by atoms with Crippen molar-refractivity contribution in [1.82, 2.24) is 15.0 Å². The number of hydrogen-bond donors (Lipinski definition) is 0. The van der Waals surface area contributed by atoms with Gasteiger partial charge < -0.3 is 18.9 Å². The molecule has 0 spiro atoms. The molecule has 1 aromatic heterocycles. The summed E-state index contributed by atoms with van der Waals surface area (Å²) in [6.07, 6.45) is 2.74. The van der Waals surface area contributed by atoms with Crippen molar-refractivity contribution in [3.63, 3.8) is 0 Å². The number of methoxy groups -OCH3 is 1. The summed E-state index contributed by atoms with van der Waals surface area (Å²) in [5.41, 5.74) is 0.806. The number of carbonyl (C=O) groups excluding carboxylic acids is 1. The van der Waals surface area contributed by atoms with E-state index in [1.807, 2.05) is 54.6 Å². The molecule has 1 aliphatic rings. The zero-order valence-corrected chi connectivity index (χ0v) is 16.3. The van der Waals surface area contributed by atoms with Crippen molar-refractivity contribution >= 4 is 5.91 Å². The lowest BCUT2D eigenvalue weighted by Gasteiger charge is -2.33. The SMILES string of the molecule is COc1cccc(-c2noc([C@H]3CCCCN3C(=O)COc3ccccc3)n2)c1. The molecule has 7 heteroatoms. The first kappa shape index (κ1) is 19.0. The van der Waals surface area contributed by atoms with Gasteiger partial charge in [-0.25, -0.2) is 0 Å². The summed E-state index contributed by atoms with van der Waals surface area (Å²) >= 11 is 0. The van der Waals surface area contributed by atoms with Gasteiger partial charge in [-0.1, -0.05) is 35.5 Å². The molecule has 2 aromatic carbocycles. The molecule has 0 aliphatic carbocycles. The molecule has 3 aromatic rings. The van der Waals surface area contributed by atoms with E-state index in [4.69, 9.17) is 14.0 Å². The largest absolute Gasteiger partial charge is 0.497 e. The molecular formula is C22H23N3O4. The minimum Gasteiger partial charge on any atom is -0.497 e. The van der Waals surface area contributed by atoms with Gasteiger partial charge >= 0.3 is 0 Å². The fourth-order valence-corrected chi connectivity index (χ4v) is 3.48. The van der Waals surface area contributed by atoms with Crippen molar-refractivity contribution in [2.75, 3.05) is 20.3 Å². The predicted molar refractivity (Wildman–Crippen MR) is 107 cm³/mol. The van der Waals surface area contributed by atoms with Crippen LogP contribution in [0.2, 0.25) is 0 Å². The molecule has 29 heavy (non-hydrogen) atoms. The van der Waals surface area contributed by atoms with E-state index in [0.717, 1.165) is 30.6 Å². The van der Waals surface area contributed by atoms with Gasteiger partial charge in [-0.15, -0.1) is 0 Å². The van der Waals surface area contributed by atoms with Crippen LogP contribution >= 0.6 is 0 Å². The van der Waals surface area contributed by atoms with Crippen molar-refractivity contribution in [3.8, 4) is 22.9 Å². The van der Waals surface area contributed by atoms with Gasteiger partial charge in [0.05, 0.1) is 7.11 Å². The van der Waals surface area contributed by atoms with E-state index < -0.39 is 0 Å². The Labute approximate surface area is 169 Å². The summed E-state index contributed by atoms with van der Waals surface area (Å²) in [5, 5.41) is 4.11. The Bertz CT molecular complexity index is 957. The third-order valence-electron chi connectivity index (χ3n) is 4.98. The van der Waals surface area contributed by atoms with E-state index in [2.05, 4.69) is 10.1 Å². The maximum absolute atomic E-state index is 12.8. The van der Waals surface area contributed by atoms with Gasteiger partial charge in [0, 0.05) is 12.1 Å². The van der Waals surface area contributed by atoms with Gasteiger partial charge in [-0.2, -0.15) is 4.98 Å². The zero-order chi connectivity index (χ0) is 20.1. The fraction of sp³-hybridized carbons (Fsp3) is 0.318. The van der Waals surface area contributed by atoms with Crippen molar-refractivity contribution in [2.45, 2.75) is 25.3 Å². The lowest BCUT2D eigenvalue weighted by molar-refractivity contribution is -0.138. The third-order valence-corrected chi connectivity index (χ3v) is 4.98. The van der Waals surface area contributed by atoms with Crippen molar-refractivity contribution in [2.24, 2.45) is 0 Å². The number of benzene rings is 2. The number of ether oxygens (including phenoxy) is 2. The maximum atomic E-state index is 12.8. The molecule has 1 atom stereocenters. The summed E-state index contributed by atoms with van der Waals surface area (Å²) in [7, 11) is 1.61. The molecule has 0 bridgehead atoms. The van der Waals surface area contributed by atoms with E-state index in [1.165, 1.54) is 0 Å². The van der Waals surface area contributed by atoms with Crippen molar-refractivity contribution < 1.29 is 18.8 Å². The lowest BCUT2D eigenvalue weighted by atomic mass is 10.0. The highest BCUT2D eigenvalue weighted by Gasteiger charge is 2.32. The van der Waals surface area contributed by atoms with Crippen LogP contribution in [0, 0.1) is 0 Å². The van der Waals surface area contributed by atoms with E-state index >= 15 is 0 Å². The van der Waals surface area contributed by atoms with Crippen LogP contribution in [0.4, 0.5) is 0 Å². The number of carbonyl (C=O) groups is 1. The maximum Gasteiger partial charge on any atom is 0.261 e. The van der Waals surface area contributed by atoms with E-state index in [9.17, 15) is 4.79 Å². The number of para-hydroxylation sites is 1. The average molecular weight is 393 g/mol. The van der Waals surface area contributed by atoms with Crippen LogP contribution in [-0.2, 0) is 4.79 Å². The summed E-state index contributed by atoms with van der Waals surface area (Å²) < 4.78 is 16.4. The number of aromatic nitrogens is 2. The average Bonchev–Trinajstić information content (AvgIpc) is 3.28. The number of nitrogens with zero attached hydrogens (tertiary/aromatic N) is 3. The predicted octanol–water partition coefficient (Wildman–Crippen LogP) is 3.88. The molecule has 0 N–H and O–H groups in total. The highest BCUT2D eigenvalue weighted by Crippen LogP contribution is 2.31.